The summed E-state index contributed by atoms with van der Waals surface area (Å²) >= 11 is 0. The van der Waals surface area contributed by atoms with E-state index in [9.17, 15) is 0 Å². The minimum atomic E-state index is 0.178. The number of rotatable bonds is 3. The van der Waals surface area contributed by atoms with Gasteiger partial charge in [0.25, 0.3) is 0 Å². The lowest BCUT2D eigenvalue weighted by Gasteiger charge is -2.26. The molecule has 18 heavy (non-hydrogen) atoms. The molecule has 0 amide bonds. The van der Waals surface area contributed by atoms with E-state index in [-0.39, 0.29) is 11.5 Å². The molecule has 0 aromatic carbocycles. The van der Waals surface area contributed by atoms with Crippen LogP contribution >= 0.6 is 0 Å². The molecule has 2 atom stereocenters. The Bertz CT molecular complexity index is 509. The molecule has 96 valence electrons. The lowest BCUT2D eigenvalue weighted by Crippen LogP contribution is -2.29. The molecule has 2 aromatic heterocycles. The van der Waals surface area contributed by atoms with Crippen LogP contribution in [0.25, 0.3) is 0 Å². The van der Waals surface area contributed by atoms with E-state index in [0.29, 0.717) is 0 Å². The third-order valence-electron chi connectivity index (χ3n) is 4.03. The van der Waals surface area contributed by atoms with E-state index in [1.54, 1.807) is 6.26 Å². The number of nitrogens with one attached hydrogen (secondary N) is 1. The Balaban J connectivity index is 1.96. The van der Waals surface area contributed by atoms with Crippen LogP contribution in [0.4, 0.5) is 0 Å². The molecule has 0 saturated carbocycles. The highest BCUT2D eigenvalue weighted by Gasteiger charge is 2.34. The van der Waals surface area contributed by atoms with E-state index in [1.165, 1.54) is 5.69 Å². The number of hydrogen-bond acceptors (Lipinski definition) is 3. The van der Waals surface area contributed by atoms with Crippen LogP contribution in [-0.4, -0.2) is 22.6 Å². The first-order valence-electron chi connectivity index (χ1n) is 6.47. The SMILES string of the molecule is CC(c1ccco1)n1cncc1C1(C)CCNC1. The molecule has 0 aliphatic carbocycles. The normalized spacial score (nSPS) is 25.4. The smallest absolute Gasteiger partial charge is 0.126 e. The largest absolute Gasteiger partial charge is 0.467 e. The molecule has 1 N–H and O–H groups in total. The Hall–Kier alpha value is -1.55. The van der Waals surface area contributed by atoms with E-state index in [4.69, 9.17) is 4.42 Å². The highest BCUT2D eigenvalue weighted by molar-refractivity contribution is 5.20. The summed E-state index contributed by atoms with van der Waals surface area (Å²) in [5, 5.41) is 3.44. The highest BCUT2D eigenvalue weighted by Crippen LogP contribution is 2.32. The minimum absolute atomic E-state index is 0.178. The first-order chi connectivity index (χ1) is 8.71. The van der Waals surface area contributed by atoms with E-state index in [2.05, 4.69) is 28.7 Å². The van der Waals surface area contributed by atoms with Gasteiger partial charge in [-0.2, -0.15) is 0 Å². The van der Waals surface area contributed by atoms with Crippen molar-refractivity contribution in [2.45, 2.75) is 31.7 Å². The van der Waals surface area contributed by atoms with Crippen molar-refractivity contribution in [3.8, 4) is 0 Å². The van der Waals surface area contributed by atoms with Gasteiger partial charge in [-0.05, 0) is 32.0 Å². The molecule has 2 aromatic rings. The van der Waals surface area contributed by atoms with Gasteiger partial charge in [-0.15, -0.1) is 0 Å². The van der Waals surface area contributed by atoms with Gasteiger partial charge >= 0.3 is 0 Å². The third-order valence-corrected chi connectivity index (χ3v) is 4.03. The lowest BCUT2D eigenvalue weighted by molar-refractivity contribution is 0.410. The fourth-order valence-electron chi connectivity index (χ4n) is 2.78. The second kappa shape index (κ2) is 4.28. The van der Waals surface area contributed by atoms with Crippen LogP contribution in [0.2, 0.25) is 0 Å². The summed E-state index contributed by atoms with van der Waals surface area (Å²) in [5.74, 6) is 0.976. The maximum absolute atomic E-state index is 5.51. The Labute approximate surface area is 107 Å². The zero-order valence-corrected chi connectivity index (χ0v) is 10.9. The van der Waals surface area contributed by atoms with Crippen molar-refractivity contribution in [1.29, 1.82) is 0 Å². The maximum atomic E-state index is 5.51. The van der Waals surface area contributed by atoms with Gasteiger partial charge in [0.15, 0.2) is 0 Å². The van der Waals surface area contributed by atoms with Crippen LogP contribution in [-0.2, 0) is 5.41 Å². The zero-order chi connectivity index (χ0) is 12.6. The lowest BCUT2D eigenvalue weighted by atomic mass is 9.86. The van der Waals surface area contributed by atoms with Crippen molar-refractivity contribution in [3.63, 3.8) is 0 Å². The van der Waals surface area contributed by atoms with Crippen molar-refractivity contribution < 1.29 is 4.42 Å². The fraction of sp³-hybridized carbons (Fsp3) is 0.500. The first kappa shape index (κ1) is 11.5. The van der Waals surface area contributed by atoms with Crippen molar-refractivity contribution in [2.75, 3.05) is 13.1 Å². The third kappa shape index (κ3) is 1.77. The number of imidazole rings is 1. The fourth-order valence-corrected chi connectivity index (χ4v) is 2.78. The molecule has 0 spiro atoms. The van der Waals surface area contributed by atoms with E-state index in [0.717, 1.165) is 25.3 Å². The molecule has 1 aliphatic heterocycles. The van der Waals surface area contributed by atoms with Crippen LogP contribution in [0.3, 0.4) is 0 Å². The van der Waals surface area contributed by atoms with E-state index in [1.807, 2.05) is 24.7 Å². The second-order valence-electron chi connectivity index (χ2n) is 5.36. The average Bonchev–Trinajstić information content (AvgIpc) is 3.10. The molecule has 1 saturated heterocycles. The van der Waals surface area contributed by atoms with Gasteiger partial charge in [-0.1, -0.05) is 6.92 Å². The van der Waals surface area contributed by atoms with Gasteiger partial charge in [-0.25, -0.2) is 4.98 Å². The Morgan fingerprint density at radius 1 is 1.56 bits per heavy atom. The molecular formula is C14H19N3O. The van der Waals surface area contributed by atoms with Crippen molar-refractivity contribution in [1.82, 2.24) is 14.9 Å². The number of nitrogens with zero attached hydrogens (tertiary/aromatic N) is 2. The van der Waals surface area contributed by atoms with Crippen LogP contribution < -0.4 is 5.32 Å². The summed E-state index contributed by atoms with van der Waals surface area (Å²) in [6, 6.07) is 4.14. The summed E-state index contributed by atoms with van der Waals surface area (Å²) in [6.45, 7) is 6.55. The molecule has 1 fully saturated rings. The molecular weight excluding hydrogens is 226 g/mol. The first-order valence-corrected chi connectivity index (χ1v) is 6.47. The topological polar surface area (TPSA) is 43.0 Å². The van der Waals surface area contributed by atoms with Gasteiger partial charge < -0.3 is 14.3 Å². The quantitative estimate of drug-likeness (QED) is 0.902. The summed E-state index contributed by atoms with van der Waals surface area (Å²) in [7, 11) is 0. The predicted molar refractivity (Wildman–Crippen MR) is 69.6 cm³/mol. The molecule has 0 bridgehead atoms. The molecule has 4 nitrogen and oxygen atoms in total. The summed E-state index contributed by atoms with van der Waals surface area (Å²) in [5.41, 5.74) is 1.47. The molecule has 3 heterocycles. The molecule has 3 rings (SSSR count). The Kier molecular flexibility index (Phi) is 2.74. The van der Waals surface area contributed by atoms with Crippen molar-refractivity contribution >= 4 is 0 Å². The molecule has 2 unspecified atom stereocenters. The number of aromatic nitrogens is 2. The van der Waals surface area contributed by atoms with Crippen molar-refractivity contribution in [3.05, 3.63) is 42.4 Å². The standard InChI is InChI=1S/C14H19N3O/c1-11(12-4-3-7-18-12)17-10-16-8-13(17)14(2)5-6-15-9-14/h3-4,7-8,10-11,15H,5-6,9H2,1-2H3. The van der Waals surface area contributed by atoms with E-state index >= 15 is 0 Å². The van der Waals surface area contributed by atoms with Gasteiger partial charge in [0.05, 0.1) is 18.6 Å². The van der Waals surface area contributed by atoms with Crippen LogP contribution in [0, 0.1) is 0 Å². The predicted octanol–water partition coefficient (Wildman–Crippen LogP) is 2.34. The second-order valence-corrected chi connectivity index (χ2v) is 5.36. The highest BCUT2D eigenvalue weighted by atomic mass is 16.3. The van der Waals surface area contributed by atoms with Crippen LogP contribution in [0.1, 0.15) is 37.8 Å². The van der Waals surface area contributed by atoms with Gasteiger partial charge in [0.2, 0.25) is 0 Å². The molecule has 4 heteroatoms. The summed E-state index contributed by atoms with van der Waals surface area (Å²) < 4.78 is 7.73. The monoisotopic (exact) mass is 245 g/mol. The van der Waals surface area contributed by atoms with Gasteiger partial charge in [-0.3, -0.25) is 0 Å². The Morgan fingerprint density at radius 2 is 2.44 bits per heavy atom. The van der Waals surface area contributed by atoms with Crippen LogP contribution in [0.15, 0.2) is 35.3 Å². The molecule has 0 radical (unpaired) electrons. The number of hydrogen-bond donors (Lipinski definition) is 1. The van der Waals surface area contributed by atoms with E-state index < -0.39 is 0 Å². The molecule has 1 aliphatic rings. The van der Waals surface area contributed by atoms with Gasteiger partial charge in [0.1, 0.15) is 5.76 Å². The maximum Gasteiger partial charge on any atom is 0.126 e. The zero-order valence-electron chi connectivity index (χ0n) is 10.9. The minimum Gasteiger partial charge on any atom is -0.467 e. The van der Waals surface area contributed by atoms with Crippen LogP contribution in [0.5, 0.6) is 0 Å². The van der Waals surface area contributed by atoms with Crippen molar-refractivity contribution in [2.24, 2.45) is 0 Å². The summed E-state index contributed by atoms with van der Waals surface area (Å²) in [4.78, 5) is 4.34. The summed E-state index contributed by atoms with van der Waals surface area (Å²) in [6.07, 6.45) is 6.78. The average molecular weight is 245 g/mol. The van der Waals surface area contributed by atoms with Gasteiger partial charge in [0, 0.05) is 23.9 Å². The number of furan rings is 1. The Morgan fingerprint density at radius 3 is 3.11 bits per heavy atom.